The normalized spacial score (nSPS) is 10.4. The molecule has 0 aromatic rings. The Hall–Kier alpha value is -0.570. The van der Waals surface area contributed by atoms with Crippen LogP contribution in [0, 0.1) is 5.41 Å². The molecular formula is C13H27NO2. The predicted octanol–water partition coefficient (Wildman–Crippen LogP) is 4.76. The van der Waals surface area contributed by atoms with Gasteiger partial charge in [-0.05, 0) is 6.42 Å². The van der Waals surface area contributed by atoms with Crippen LogP contribution in [-0.2, 0) is 4.89 Å². The van der Waals surface area contributed by atoms with Crippen LogP contribution in [0.5, 0.6) is 0 Å². The Kier molecular flexibility index (Phi) is 12.1. The van der Waals surface area contributed by atoms with Crippen LogP contribution in [0.2, 0.25) is 0 Å². The van der Waals surface area contributed by atoms with Crippen LogP contribution < -0.4 is 0 Å². The van der Waals surface area contributed by atoms with E-state index in [0.717, 1.165) is 12.8 Å². The summed E-state index contributed by atoms with van der Waals surface area (Å²) in [6.07, 6.45) is 13.4. The number of hydrogen-bond donors (Lipinski definition) is 2. The van der Waals surface area contributed by atoms with Gasteiger partial charge in [-0.3, -0.25) is 5.41 Å². The van der Waals surface area contributed by atoms with Gasteiger partial charge in [0, 0.05) is 6.42 Å². The second-order valence-corrected chi connectivity index (χ2v) is 4.45. The predicted molar refractivity (Wildman–Crippen MR) is 67.9 cm³/mol. The summed E-state index contributed by atoms with van der Waals surface area (Å²) in [5.74, 6) is -0.0143. The third kappa shape index (κ3) is 11.5. The van der Waals surface area contributed by atoms with E-state index >= 15 is 0 Å². The largest absolute Gasteiger partial charge is 0.325 e. The minimum absolute atomic E-state index is 0.0143. The molecule has 96 valence electrons. The van der Waals surface area contributed by atoms with Crippen LogP contribution in [0.15, 0.2) is 0 Å². The summed E-state index contributed by atoms with van der Waals surface area (Å²) in [7, 11) is 0. The molecule has 3 heteroatoms. The lowest BCUT2D eigenvalue weighted by Gasteiger charge is -2.02. The average molecular weight is 229 g/mol. The van der Waals surface area contributed by atoms with Gasteiger partial charge in [-0.2, -0.15) is 0 Å². The topological polar surface area (TPSA) is 53.3 Å². The van der Waals surface area contributed by atoms with Gasteiger partial charge in [-0.1, -0.05) is 64.7 Å². The first-order valence-corrected chi connectivity index (χ1v) is 6.70. The summed E-state index contributed by atoms with van der Waals surface area (Å²) in [6, 6.07) is 0. The van der Waals surface area contributed by atoms with Gasteiger partial charge in [0.25, 0.3) is 0 Å². The Labute approximate surface area is 99.6 Å². The van der Waals surface area contributed by atoms with E-state index in [9.17, 15) is 0 Å². The van der Waals surface area contributed by atoms with Crippen molar-refractivity contribution >= 4 is 5.90 Å². The maximum Gasteiger partial charge on any atom is 0.224 e. The van der Waals surface area contributed by atoms with E-state index in [1.165, 1.54) is 51.4 Å². The molecule has 0 saturated heterocycles. The van der Waals surface area contributed by atoms with Crippen LogP contribution in [0.25, 0.3) is 0 Å². The van der Waals surface area contributed by atoms with Crippen molar-refractivity contribution in [1.29, 1.82) is 5.41 Å². The molecule has 0 aromatic carbocycles. The molecule has 0 fully saturated rings. The standard InChI is InChI=1S/C13H27NO2/c1-2-3-4-5-6-7-8-9-10-11-12-13(14)16-15/h14-15H,2-12H2,1H3. The number of rotatable bonds is 11. The van der Waals surface area contributed by atoms with Crippen molar-refractivity contribution in [2.75, 3.05) is 0 Å². The van der Waals surface area contributed by atoms with Crippen LogP contribution in [-0.4, -0.2) is 11.2 Å². The molecule has 0 bridgehead atoms. The average Bonchev–Trinajstić information content (AvgIpc) is 2.31. The zero-order chi connectivity index (χ0) is 12.1. The fourth-order valence-electron chi connectivity index (χ4n) is 1.82. The maximum atomic E-state index is 8.15. The van der Waals surface area contributed by atoms with Crippen molar-refractivity contribution < 1.29 is 10.1 Å². The third-order valence-corrected chi connectivity index (χ3v) is 2.87. The third-order valence-electron chi connectivity index (χ3n) is 2.87. The first-order valence-electron chi connectivity index (χ1n) is 6.70. The molecule has 0 unspecified atom stereocenters. The molecule has 0 rings (SSSR count). The van der Waals surface area contributed by atoms with E-state index in [1.807, 2.05) is 0 Å². The highest BCUT2D eigenvalue weighted by atomic mass is 17.1. The van der Waals surface area contributed by atoms with Crippen LogP contribution in [0.3, 0.4) is 0 Å². The fourth-order valence-corrected chi connectivity index (χ4v) is 1.82. The molecule has 0 spiro atoms. The number of unbranched alkanes of at least 4 members (excludes halogenated alkanes) is 9. The van der Waals surface area contributed by atoms with E-state index in [0.29, 0.717) is 6.42 Å². The van der Waals surface area contributed by atoms with Crippen molar-refractivity contribution in [2.24, 2.45) is 0 Å². The van der Waals surface area contributed by atoms with E-state index < -0.39 is 0 Å². The van der Waals surface area contributed by atoms with Crippen LogP contribution in [0.1, 0.15) is 77.6 Å². The molecule has 0 aliphatic carbocycles. The van der Waals surface area contributed by atoms with Gasteiger partial charge >= 0.3 is 0 Å². The Morgan fingerprint density at radius 2 is 1.31 bits per heavy atom. The zero-order valence-corrected chi connectivity index (χ0v) is 10.6. The molecule has 2 N–H and O–H groups in total. The minimum Gasteiger partial charge on any atom is -0.325 e. The van der Waals surface area contributed by atoms with Crippen molar-refractivity contribution in [2.45, 2.75) is 77.6 Å². The maximum absolute atomic E-state index is 8.15. The van der Waals surface area contributed by atoms with Gasteiger partial charge in [0.15, 0.2) is 0 Å². The lowest BCUT2D eigenvalue weighted by molar-refractivity contribution is -0.158. The molecule has 0 radical (unpaired) electrons. The molecule has 16 heavy (non-hydrogen) atoms. The summed E-state index contributed by atoms with van der Waals surface area (Å²) in [4.78, 5) is 3.82. The zero-order valence-electron chi connectivity index (χ0n) is 10.6. The lowest BCUT2D eigenvalue weighted by Crippen LogP contribution is -1.98. The SMILES string of the molecule is CCCCCCCCCCCCC(=N)OO. The van der Waals surface area contributed by atoms with Crippen LogP contribution in [0.4, 0.5) is 0 Å². The van der Waals surface area contributed by atoms with Crippen LogP contribution >= 0.6 is 0 Å². The van der Waals surface area contributed by atoms with Gasteiger partial charge in [0.05, 0.1) is 0 Å². The highest BCUT2D eigenvalue weighted by Gasteiger charge is 1.97. The molecule has 0 amide bonds. The van der Waals surface area contributed by atoms with E-state index in [-0.39, 0.29) is 5.90 Å². The summed E-state index contributed by atoms with van der Waals surface area (Å²) in [6.45, 7) is 2.24. The highest BCUT2D eigenvalue weighted by Crippen LogP contribution is 2.11. The first-order chi connectivity index (χ1) is 7.81. The monoisotopic (exact) mass is 229 g/mol. The molecule has 0 heterocycles. The molecule has 0 aliphatic rings. The quantitative estimate of drug-likeness (QED) is 0.176. The molecular weight excluding hydrogens is 202 g/mol. The van der Waals surface area contributed by atoms with Crippen molar-refractivity contribution in [1.82, 2.24) is 0 Å². The van der Waals surface area contributed by atoms with E-state index in [1.54, 1.807) is 0 Å². The molecule has 3 nitrogen and oxygen atoms in total. The van der Waals surface area contributed by atoms with E-state index in [4.69, 9.17) is 10.7 Å². The second kappa shape index (κ2) is 12.5. The van der Waals surface area contributed by atoms with Gasteiger partial charge in [0.2, 0.25) is 5.90 Å². The first kappa shape index (κ1) is 15.4. The number of nitrogens with one attached hydrogen (secondary N) is 1. The van der Waals surface area contributed by atoms with Crippen molar-refractivity contribution in [3.8, 4) is 0 Å². The highest BCUT2D eigenvalue weighted by molar-refractivity contribution is 5.71. The fraction of sp³-hybridized carbons (Fsp3) is 0.923. The Bertz CT molecular complexity index is 160. The second-order valence-electron chi connectivity index (χ2n) is 4.45. The molecule has 0 aliphatic heterocycles. The molecule has 0 saturated carbocycles. The minimum atomic E-state index is -0.0143. The molecule has 0 aromatic heterocycles. The Balaban J connectivity index is 2.96. The molecule has 0 atom stereocenters. The number of hydrogen-bond acceptors (Lipinski definition) is 3. The summed E-state index contributed by atoms with van der Waals surface area (Å²) >= 11 is 0. The Morgan fingerprint density at radius 3 is 1.75 bits per heavy atom. The van der Waals surface area contributed by atoms with Gasteiger partial charge in [-0.25, -0.2) is 5.26 Å². The summed E-state index contributed by atoms with van der Waals surface area (Å²) < 4.78 is 0. The lowest BCUT2D eigenvalue weighted by atomic mass is 10.1. The van der Waals surface area contributed by atoms with Crippen molar-refractivity contribution in [3.05, 3.63) is 0 Å². The van der Waals surface area contributed by atoms with Crippen molar-refractivity contribution in [3.63, 3.8) is 0 Å². The smallest absolute Gasteiger partial charge is 0.224 e. The van der Waals surface area contributed by atoms with Gasteiger partial charge < -0.3 is 4.89 Å². The van der Waals surface area contributed by atoms with Gasteiger partial charge in [0.1, 0.15) is 0 Å². The summed E-state index contributed by atoms with van der Waals surface area (Å²) in [5.41, 5.74) is 0. The summed E-state index contributed by atoms with van der Waals surface area (Å²) in [5, 5.41) is 15.2. The van der Waals surface area contributed by atoms with E-state index in [2.05, 4.69) is 11.8 Å². The Morgan fingerprint density at radius 1 is 0.875 bits per heavy atom. The van der Waals surface area contributed by atoms with Gasteiger partial charge in [-0.15, -0.1) is 0 Å².